The number of anilines is 1. The maximum absolute atomic E-state index is 5.38. The van der Waals surface area contributed by atoms with Crippen LogP contribution in [0.15, 0.2) is 18.3 Å². The molecular formula is C15H23N5O. The van der Waals surface area contributed by atoms with Crippen molar-refractivity contribution in [2.75, 3.05) is 26.1 Å². The van der Waals surface area contributed by atoms with E-state index in [1.54, 1.807) is 11.8 Å². The van der Waals surface area contributed by atoms with Crippen molar-refractivity contribution in [1.82, 2.24) is 20.1 Å². The van der Waals surface area contributed by atoms with Gasteiger partial charge in [-0.05, 0) is 18.6 Å². The molecule has 0 spiro atoms. The molecular weight excluding hydrogens is 266 g/mol. The number of rotatable bonds is 6. The monoisotopic (exact) mass is 289 g/mol. The Kier molecular flexibility index (Phi) is 4.80. The third-order valence-corrected chi connectivity index (χ3v) is 3.38. The number of aryl methyl sites for hydroxylation is 2. The highest BCUT2D eigenvalue weighted by atomic mass is 16.5. The number of ether oxygens (including phenoxy) is 1. The lowest BCUT2D eigenvalue weighted by atomic mass is 10.2. The highest BCUT2D eigenvalue weighted by molar-refractivity contribution is 5.37. The minimum Gasteiger partial charge on any atom is -0.481 e. The summed E-state index contributed by atoms with van der Waals surface area (Å²) >= 11 is 0. The van der Waals surface area contributed by atoms with Crippen molar-refractivity contribution in [3.63, 3.8) is 0 Å². The van der Waals surface area contributed by atoms with E-state index in [1.807, 2.05) is 45.2 Å². The highest BCUT2D eigenvalue weighted by Gasteiger charge is 2.12. The molecule has 6 nitrogen and oxygen atoms in total. The summed E-state index contributed by atoms with van der Waals surface area (Å²) in [7, 11) is 7.53. The Balaban J connectivity index is 1.95. The second-order valence-electron chi connectivity index (χ2n) is 5.22. The molecule has 0 aliphatic rings. The molecule has 0 unspecified atom stereocenters. The van der Waals surface area contributed by atoms with Crippen LogP contribution in [0.5, 0.6) is 5.88 Å². The molecule has 2 heterocycles. The number of nitrogens with zero attached hydrogens (tertiary/aromatic N) is 4. The fraction of sp³-hybridized carbons (Fsp3) is 0.467. The summed E-state index contributed by atoms with van der Waals surface area (Å²) in [5.41, 5.74) is 3.24. The van der Waals surface area contributed by atoms with E-state index >= 15 is 0 Å². The molecule has 0 saturated heterocycles. The van der Waals surface area contributed by atoms with Gasteiger partial charge in [-0.2, -0.15) is 5.10 Å². The zero-order valence-electron chi connectivity index (χ0n) is 13.3. The molecule has 1 N–H and O–H groups in total. The lowest BCUT2D eigenvalue weighted by Gasteiger charge is -2.11. The van der Waals surface area contributed by atoms with Crippen LogP contribution in [0, 0.1) is 6.92 Å². The van der Waals surface area contributed by atoms with Gasteiger partial charge in [-0.3, -0.25) is 0 Å². The summed E-state index contributed by atoms with van der Waals surface area (Å²) in [6, 6.07) is 4.11. The van der Waals surface area contributed by atoms with Crippen LogP contribution in [0.2, 0.25) is 0 Å². The fourth-order valence-electron chi connectivity index (χ4n) is 2.26. The molecule has 0 fully saturated rings. The first-order chi connectivity index (χ1) is 10.0. The Hall–Kier alpha value is -2.08. The smallest absolute Gasteiger partial charge is 0.216 e. The first-order valence-electron chi connectivity index (χ1n) is 6.92. The van der Waals surface area contributed by atoms with Gasteiger partial charge in [0.1, 0.15) is 5.82 Å². The molecule has 6 heteroatoms. The third kappa shape index (κ3) is 3.52. The molecule has 0 aliphatic heterocycles. The van der Waals surface area contributed by atoms with Crippen LogP contribution in [0.1, 0.15) is 16.8 Å². The Bertz CT molecular complexity index is 589. The average Bonchev–Trinajstić information content (AvgIpc) is 2.73. The summed E-state index contributed by atoms with van der Waals surface area (Å²) < 4.78 is 7.15. The topological polar surface area (TPSA) is 55.2 Å². The quantitative estimate of drug-likeness (QED) is 0.873. The predicted molar refractivity (Wildman–Crippen MR) is 83.6 cm³/mol. The number of methoxy groups -OCH3 is 1. The number of hydrogen-bond acceptors (Lipinski definition) is 5. The zero-order chi connectivity index (χ0) is 15.4. The molecule has 2 rings (SSSR count). The van der Waals surface area contributed by atoms with E-state index in [4.69, 9.17) is 4.74 Å². The number of nitrogens with one attached hydrogen (secondary N) is 1. The van der Waals surface area contributed by atoms with Crippen molar-refractivity contribution in [2.24, 2.45) is 7.05 Å². The van der Waals surface area contributed by atoms with Crippen LogP contribution in [0.3, 0.4) is 0 Å². The van der Waals surface area contributed by atoms with E-state index in [0.717, 1.165) is 41.6 Å². The van der Waals surface area contributed by atoms with Crippen molar-refractivity contribution in [3.8, 4) is 5.88 Å². The van der Waals surface area contributed by atoms with Gasteiger partial charge in [-0.15, -0.1) is 0 Å². The SMILES string of the molecule is COc1c(CNCc2ccc(N(C)C)nc2)c(C)nn1C. The van der Waals surface area contributed by atoms with Gasteiger partial charge in [0.25, 0.3) is 0 Å². The van der Waals surface area contributed by atoms with E-state index in [1.165, 1.54) is 0 Å². The summed E-state index contributed by atoms with van der Waals surface area (Å²) in [6.45, 7) is 3.48. The van der Waals surface area contributed by atoms with Crippen molar-refractivity contribution in [1.29, 1.82) is 0 Å². The van der Waals surface area contributed by atoms with Crippen LogP contribution in [-0.4, -0.2) is 36.0 Å². The second-order valence-corrected chi connectivity index (χ2v) is 5.22. The molecule has 2 aromatic heterocycles. The molecule has 0 amide bonds. The van der Waals surface area contributed by atoms with Gasteiger partial charge < -0.3 is 15.0 Å². The Morgan fingerprint density at radius 2 is 2.05 bits per heavy atom. The first kappa shape index (κ1) is 15.3. The van der Waals surface area contributed by atoms with E-state index < -0.39 is 0 Å². The van der Waals surface area contributed by atoms with Crippen molar-refractivity contribution in [2.45, 2.75) is 20.0 Å². The molecule has 2 aromatic rings. The molecule has 0 bridgehead atoms. The van der Waals surface area contributed by atoms with E-state index in [-0.39, 0.29) is 0 Å². The maximum atomic E-state index is 5.38. The first-order valence-corrected chi connectivity index (χ1v) is 6.92. The average molecular weight is 289 g/mol. The molecule has 0 aliphatic carbocycles. The van der Waals surface area contributed by atoms with E-state index in [0.29, 0.717) is 0 Å². The highest BCUT2D eigenvalue weighted by Crippen LogP contribution is 2.20. The largest absolute Gasteiger partial charge is 0.481 e. The van der Waals surface area contributed by atoms with Crippen LogP contribution in [0.4, 0.5) is 5.82 Å². The summed E-state index contributed by atoms with van der Waals surface area (Å²) in [6.07, 6.45) is 1.90. The van der Waals surface area contributed by atoms with Gasteiger partial charge in [0.05, 0.1) is 18.4 Å². The third-order valence-electron chi connectivity index (χ3n) is 3.38. The van der Waals surface area contributed by atoms with E-state index in [2.05, 4.69) is 21.5 Å². The summed E-state index contributed by atoms with van der Waals surface area (Å²) in [4.78, 5) is 6.39. The van der Waals surface area contributed by atoms with Gasteiger partial charge in [0.15, 0.2) is 0 Å². The van der Waals surface area contributed by atoms with Crippen LogP contribution >= 0.6 is 0 Å². The minimum atomic E-state index is 0.721. The molecule has 0 saturated carbocycles. The maximum Gasteiger partial charge on any atom is 0.216 e. The zero-order valence-corrected chi connectivity index (χ0v) is 13.3. The molecule has 0 radical (unpaired) electrons. The van der Waals surface area contributed by atoms with Crippen molar-refractivity contribution >= 4 is 5.82 Å². The lowest BCUT2D eigenvalue weighted by molar-refractivity contribution is 0.368. The molecule has 0 atom stereocenters. The van der Waals surface area contributed by atoms with Gasteiger partial charge in [-0.1, -0.05) is 6.07 Å². The van der Waals surface area contributed by atoms with Gasteiger partial charge >= 0.3 is 0 Å². The van der Waals surface area contributed by atoms with E-state index in [9.17, 15) is 0 Å². The Labute approximate surface area is 125 Å². The Morgan fingerprint density at radius 3 is 2.62 bits per heavy atom. The van der Waals surface area contributed by atoms with Crippen LogP contribution < -0.4 is 15.0 Å². The molecule has 0 aromatic carbocycles. The molecule has 114 valence electrons. The minimum absolute atomic E-state index is 0.721. The van der Waals surface area contributed by atoms with Gasteiger partial charge in [-0.25, -0.2) is 9.67 Å². The van der Waals surface area contributed by atoms with Gasteiger partial charge in [0, 0.05) is 40.4 Å². The number of pyridine rings is 1. The van der Waals surface area contributed by atoms with Crippen molar-refractivity contribution in [3.05, 3.63) is 35.2 Å². The summed E-state index contributed by atoms with van der Waals surface area (Å²) in [5, 5.41) is 7.78. The van der Waals surface area contributed by atoms with Crippen molar-refractivity contribution < 1.29 is 4.74 Å². The normalized spacial score (nSPS) is 10.7. The predicted octanol–water partition coefficient (Wildman–Crippen LogP) is 1.49. The number of hydrogen-bond donors (Lipinski definition) is 1. The fourth-order valence-corrected chi connectivity index (χ4v) is 2.26. The standard InChI is InChI=1S/C15H23N5O/c1-11-13(15(21-5)20(4)18-11)10-16-8-12-6-7-14(17-9-12)19(2)3/h6-7,9,16H,8,10H2,1-5H3. The number of aromatic nitrogens is 3. The summed E-state index contributed by atoms with van der Waals surface area (Å²) in [5.74, 6) is 1.77. The van der Waals surface area contributed by atoms with Gasteiger partial charge in [0.2, 0.25) is 5.88 Å². The molecule has 21 heavy (non-hydrogen) atoms. The van der Waals surface area contributed by atoms with Crippen LogP contribution in [-0.2, 0) is 20.1 Å². The second kappa shape index (κ2) is 6.58. The Morgan fingerprint density at radius 1 is 1.29 bits per heavy atom. The van der Waals surface area contributed by atoms with Crippen LogP contribution in [0.25, 0.3) is 0 Å². The lowest BCUT2D eigenvalue weighted by Crippen LogP contribution is -2.15.